The minimum absolute atomic E-state index is 0.203. The molecule has 0 bridgehead atoms. The normalized spacial score (nSPS) is 12.4. The number of benzene rings is 2. The van der Waals surface area contributed by atoms with Gasteiger partial charge in [0.05, 0.1) is 12.2 Å². The van der Waals surface area contributed by atoms with E-state index in [4.69, 9.17) is 4.52 Å². The molecule has 28 heavy (non-hydrogen) atoms. The Morgan fingerprint density at radius 1 is 1.07 bits per heavy atom. The van der Waals surface area contributed by atoms with Crippen molar-refractivity contribution in [2.45, 2.75) is 25.9 Å². The van der Waals surface area contributed by atoms with Crippen molar-refractivity contribution in [2.24, 2.45) is 0 Å². The lowest BCUT2D eigenvalue weighted by atomic mass is 10.1. The summed E-state index contributed by atoms with van der Waals surface area (Å²) < 4.78 is 7.18. The molecule has 0 radical (unpaired) electrons. The Morgan fingerprint density at radius 3 is 2.57 bits per heavy atom. The zero-order valence-electron chi connectivity index (χ0n) is 15.9. The van der Waals surface area contributed by atoms with E-state index in [9.17, 15) is 0 Å². The summed E-state index contributed by atoms with van der Waals surface area (Å²) in [5.41, 5.74) is 3.36. The fourth-order valence-electron chi connectivity index (χ4n) is 3.06. The van der Waals surface area contributed by atoms with E-state index in [0.717, 1.165) is 5.69 Å². The molecule has 0 N–H and O–H groups in total. The van der Waals surface area contributed by atoms with Gasteiger partial charge in [-0.3, -0.25) is 4.90 Å². The second kappa shape index (κ2) is 8.14. The first-order chi connectivity index (χ1) is 13.7. The molecular formula is C21H22N6O. The summed E-state index contributed by atoms with van der Waals surface area (Å²) in [7, 11) is 2.05. The zero-order valence-corrected chi connectivity index (χ0v) is 15.9. The van der Waals surface area contributed by atoms with Gasteiger partial charge in [0.2, 0.25) is 5.89 Å². The molecule has 2 aromatic carbocycles. The number of aromatic nitrogens is 5. The molecule has 0 unspecified atom stereocenters. The Morgan fingerprint density at radius 2 is 1.86 bits per heavy atom. The minimum atomic E-state index is 0.203. The SMILES string of the molecule is C[C@H](c1ccc(-n2cncn2)cc1)N(C)Cc1nc(Cc2ccccc2)no1. The number of nitrogens with zero attached hydrogens (tertiary/aromatic N) is 6. The van der Waals surface area contributed by atoms with Crippen LogP contribution in [-0.4, -0.2) is 36.9 Å². The maximum absolute atomic E-state index is 5.44. The predicted molar refractivity (Wildman–Crippen MR) is 105 cm³/mol. The molecule has 142 valence electrons. The van der Waals surface area contributed by atoms with E-state index in [0.29, 0.717) is 24.7 Å². The molecule has 0 saturated carbocycles. The van der Waals surface area contributed by atoms with Crippen molar-refractivity contribution in [1.29, 1.82) is 0 Å². The van der Waals surface area contributed by atoms with Crippen molar-refractivity contribution in [1.82, 2.24) is 29.8 Å². The van der Waals surface area contributed by atoms with Gasteiger partial charge in [0.15, 0.2) is 5.82 Å². The Balaban J connectivity index is 1.38. The van der Waals surface area contributed by atoms with Gasteiger partial charge in [0.1, 0.15) is 12.7 Å². The molecule has 4 aromatic rings. The molecule has 2 aromatic heterocycles. The van der Waals surface area contributed by atoms with E-state index in [1.807, 2.05) is 30.3 Å². The van der Waals surface area contributed by atoms with Crippen molar-refractivity contribution in [3.63, 3.8) is 0 Å². The molecule has 0 aliphatic rings. The molecule has 7 heteroatoms. The highest BCUT2D eigenvalue weighted by Gasteiger charge is 2.16. The van der Waals surface area contributed by atoms with E-state index in [1.54, 1.807) is 11.0 Å². The molecule has 0 fully saturated rings. The van der Waals surface area contributed by atoms with Crippen molar-refractivity contribution in [3.05, 3.63) is 90.1 Å². The van der Waals surface area contributed by atoms with Crippen LogP contribution in [0.25, 0.3) is 5.69 Å². The second-order valence-corrected chi connectivity index (χ2v) is 6.79. The van der Waals surface area contributed by atoms with Crippen LogP contribution < -0.4 is 0 Å². The lowest BCUT2D eigenvalue weighted by Crippen LogP contribution is -2.22. The Labute approximate surface area is 163 Å². The first kappa shape index (κ1) is 18.1. The quantitative estimate of drug-likeness (QED) is 0.493. The van der Waals surface area contributed by atoms with Gasteiger partial charge < -0.3 is 4.52 Å². The number of hydrogen-bond acceptors (Lipinski definition) is 6. The van der Waals surface area contributed by atoms with Crippen LogP contribution in [0.15, 0.2) is 71.8 Å². The third-order valence-corrected chi connectivity index (χ3v) is 4.82. The standard InChI is InChI=1S/C21H22N6O/c1-16(18-8-10-19(11-9-18)27-15-22-14-23-27)26(2)13-21-24-20(25-28-21)12-17-6-4-3-5-7-17/h3-11,14-16H,12-13H2,1-2H3/t16-/m1/s1. The van der Waals surface area contributed by atoms with Crippen LogP contribution in [0.1, 0.15) is 35.8 Å². The van der Waals surface area contributed by atoms with Gasteiger partial charge in [-0.15, -0.1) is 0 Å². The summed E-state index contributed by atoms with van der Waals surface area (Å²) in [5, 5.41) is 8.26. The Bertz CT molecular complexity index is 995. The van der Waals surface area contributed by atoms with Crippen LogP contribution in [-0.2, 0) is 13.0 Å². The predicted octanol–water partition coefficient (Wildman–Crippen LogP) is 3.43. The summed E-state index contributed by atoms with van der Waals surface area (Å²) in [6.07, 6.45) is 3.89. The molecule has 0 aliphatic heterocycles. The van der Waals surface area contributed by atoms with Gasteiger partial charge in [-0.1, -0.05) is 47.6 Å². The zero-order chi connectivity index (χ0) is 19.3. The van der Waals surface area contributed by atoms with Crippen LogP contribution in [0.4, 0.5) is 0 Å². The summed E-state index contributed by atoms with van der Waals surface area (Å²) in [6, 6.07) is 18.6. The van der Waals surface area contributed by atoms with Gasteiger partial charge in [-0.2, -0.15) is 10.1 Å². The highest BCUT2D eigenvalue weighted by Crippen LogP contribution is 2.21. The summed E-state index contributed by atoms with van der Waals surface area (Å²) in [4.78, 5) is 10.7. The van der Waals surface area contributed by atoms with E-state index in [-0.39, 0.29) is 6.04 Å². The third-order valence-electron chi connectivity index (χ3n) is 4.82. The summed E-state index contributed by atoms with van der Waals surface area (Å²) in [5.74, 6) is 1.33. The molecule has 1 atom stereocenters. The molecule has 4 rings (SSSR count). The first-order valence-electron chi connectivity index (χ1n) is 9.19. The minimum Gasteiger partial charge on any atom is -0.338 e. The van der Waals surface area contributed by atoms with Crippen LogP contribution in [0, 0.1) is 0 Å². The lowest BCUT2D eigenvalue weighted by Gasteiger charge is -2.23. The molecule has 0 saturated heterocycles. The van der Waals surface area contributed by atoms with Crippen molar-refractivity contribution in [2.75, 3.05) is 7.05 Å². The van der Waals surface area contributed by atoms with Crippen LogP contribution in [0.2, 0.25) is 0 Å². The Kier molecular flexibility index (Phi) is 5.25. The van der Waals surface area contributed by atoms with Gasteiger partial charge >= 0.3 is 0 Å². The number of hydrogen-bond donors (Lipinski definition) is 0. The Hall–Kier alpha value is -3.32. The molecule has 7 nitrogen and oxygen atoms in total. The van der Waals surface area contributed by atoms with Crippen molar-refractivity contribution in [3.8, 4) is 5.69 Å². The third kappa shape index (κ3) is 4.15. The van der Waals surface area contributed by atoms with E-state index in [2.05, 4.69) is 63.4 Å². The van der Waals surface area contributed by atoms with E-state index in [1.165, 1.54) is 17.5 Å². The monoisotopic (exact) mass is 374 g/mol. The van der Waals surface area contributed by atoms with Crippen LogP contribution in [0.3, 0.4) is 0 Å². The molecule has 2 heterocycles. The van der Waals surface area contributed by atoms with Gasteiger partial charge in [0.25, 0.3) is 0 Å². The summed E-state index contributed by atoms with van der Waals surface area (Å²) in [6.45, 7) is 2.75. The fourth-order valence-corrected chi connectivity index (χ4v) is 3.06. The smallest absolute Gasteiger partial charge is 0.240 e. The molecular weight excluding hydrogens is 352 g/mol. The second-order valence-electron chi connectivity index (χ2n) is 6.79. The average Bonchev–Trinajstić information content (AvgIpc) is 3.41. The van der Waals surface area contributed by atoms with Crippen molar-refractivity contribution >= 4 is 0 Å². The topological polar surface area (TPSA) is 72.9 Å². The van der Waals surface area contributed by atoms with Gasteiger partial charge in [0, 0.05) is 12.5 Å². The lowest BCUT2D eigenvalue weighted by molar-refractivity contribution is 0.216. The van der Waals surface area contributed by atoms with Crippen LogP contribution in [0.5, 0.6) is 0 Å². The average molecular weight is 374 g/mol. The largest absolute Gasteiger partial charge is 0.338 e. The molecule has 0 amide bonds. The first-order valence-corrected chi connectivity index (χ1v) is 9.19. The highest BCUT2D eigenvalue weighted by molar-refractivity contribution is 5.34. The molecule has 0 aliphatic carbocycles. The van der Waals surface area contributed by atoms with Gasteiger partial charge in [-0.05, 0) is 37.2 Å². The fraction of sp³-hybridized carbons (Fsp3) is 0.238. The van der Waals surface area contributed by atoms with E-state index >= 15 is 0 Å². The number of rotatable bonds is 7. The van der Waals surface area contributed by atoms with Crippen LogP contribution >= 0.6 is 0 Å². The highest BCUT2D eigenvalue weighted by atomic mass is 16.5. The van der Waals surface area contributed by atoms with E-state index < -0.39 is 0 Å². The summed E-state index contributed by atoms with van der Waals surface area (Å²) >= 11 is 0. The van der Waals surface area contributed by atoms with Crippen molar-refractivity contribution < 1.29 is 4.52 Å². The molecule has 0 spiro atoms. The maximum Gasteiger partial charge on any atom is 0.240 e. The van der Waals surface area contributed by atoms with Gasteiger partial charge in [-0.25, -0.2) is 9.67 Å². The maximum atomic E-state index is 5.44.